The molecule has 17 heavy (non-hydrogen) atoms. The van der Waals surface area contributed by atoms with Crippen LogP contribution in [0.3, 0.4) is 0 Å². The fraction of sp³-hybridized carbons (Fsp3) is 0.467. The Hall–Kier alpha value is -1.04. The van der Waals surface area contributed by atoms with Crippen LogP contribution in [0.4, 0.5) is 0 Å². The summed E-state index contributed by atoms with van der Waals surface area (Å²) in [4.78, 5) is 0. The lowest BCUT2D eigenvalue weighted by Gasteiger charge is -2.08. The summed E-state index contributed by atoms with van der Waals surface area (Å²) in [5, 5.41) is 0. The molecule has 0 aliphatic rings. The quantitative estimate of drug-likeness (QED) is 0.640. The molecular weight excluding hydrogens is 222 g/mol. The molecule has 0 saturated carbocycles. The molecule has 1 nitrogen and oxygen atoms in total. The number of benzene rings is 1. The number of hydrogen-bond donors (Lipinski definition) is 1. The van der Waals surface area contributed by atoms with Gasteiger partial charge in [0.2, 0.25) is 0 Å². The SMILES string of the molecule is C[Si](C)(C)C#CC[C@H](N)CCc1ccccc1. The van der Waals surface area contributed by atoms with Crippen LogP contribution < -0.4 is 5.73 Å². The van der Waals surface area contributed by atoms with Crippen LogP contribution in [0.2, 0.25) is 19.6 Å². The number of aryl methyl sites for hydroxylation is 1. The van der Waals surface area contributed by atoms with Gasteiger partial charge in [0.05, 0.1) is 0 Å². The van der Waals surface area contributed by atoms with E-state index in [1.807, 2.05) is 6.07 Å². The normalized spacial score (nSPS) is 12.7. The monoisotopic (exact) mass is 245 g/mol. The highest BCUT2D eigenvalue weighted by Gasteiger charge is 2.07. The van der Waals surface area contributed by atoms with E-state index in [1.54, 1.807) is 0 Å². The van der Waals surface area contributed by atoms with Crippen molar-refractivity contribution in [2.45, 2.75) is 44.9 Å². The topological polar surface area (TPSA) is 26.0 Å². The molecule has 0 fully saturated rings. The van der Waals surface area contributed by atoms with Gasteiger partial charge in [0.25, 0.3) is 0 Å². The molecule has 2 N–H and O–H groups in total. The fourth-order valence-corrected chi connectivity index (χ4v) is 2.18. The molecule has 1 rings (SSSR count). The fourth-order valence-electron chi connectivity index (χ4n) is 1.55. The van der Waals surface area contributed by atoms with E-state index in [9.17, 15) is 0 Å². The van der Waals surface area contributed by atoms with Gasteiger partial charge in [0.1, 0.15) is 8.07 Å². The van der Waals surface area contributed by atoms with E-state index in [-0.39, 0.29) is 6.04 Å². The minimum atomic E-state index is -1.23. The predicted molar refractivity (Wildman–Crippen MR) is 78.5 cm³/mol. The molecule has 0 bridgehead atoms. The Balaban J connectivity index is 2.30. The van der Waals surface area contributed by atoms with E-state index >= 15 is 0 Å². The van der Waals surface area contributed by atoms with Gasteiger partial charge in [-0.2, -0.15) is 0 Å². The highest BCUT2D eigenvalue weighted by atomic mass is 28.3. The first-order valence-corrected chi connectivity index (χ1v) is 9.77. The summed E-state index contributed by atoms with van der Waals surface area (Å²) in [6.45, 7) is 6.78. The molecule has 0 spiro atoms. The van der Waals surface area contributed by atoms with Gasteiger partial charge >= 0.3 is 0 Å². The van der Waals surface area contributed by atoms with Gasteiger partial charge in [-0.3, -0.25) is 0 Å². The Labute approximate surface area is 106 Å². The predicted octanol–water partition coefficient (Wildman–Crippen LogP) is 3.22. The smallest absolute Gasteiger partial charge is 0.129 e. The van der Waals surface area contributed by atoms with Crippen molar-refractivity contribution in [3.63, 3.8) is 0 Å². The lowest BCUT2D eigenvalue weighted by molar-refractivity contribution is 0.629. The molecule has 1 atom stereocenters. The molecule has 0 heterocycles. The highest BCUT2D eigenvalue weighted by Crippen LogP contribution is 2.05. The van der Waals surface area contributed by atoms with E-state index in [0.717, 1.165) is 19.3 Å². The minimum Gasteiger partial charge on any atom is -0.327 e. The van der Waals surface area contributed by atoms with Crippen molar-refractivity contribution in [1.82, 2.24) is 0 Å². The molecule has 0 aliphatic carbocycles. The molecule has 1 aromatic rings. The van der Waals surface area contributed by atoms with Crippen molar-refractivity contribution < 1.29 is 0 Å². The maximum absolute atomic E-state index is 6.06. The first kappa shape index (κ1) is 14.0. The highest BCUT2D eigenvalue weighted by molar-refractivity contribution is 6.83. The van der Waals surface area contributed by atoms with Gasteiger partial charge in [-0.25, -0.2) is 0 Å². The molecule has 0 aliphatic heterocycles. The van der Waals surface area contributed by atoms with Crippen LogP contribution in [0, 0.1) is 11.5 Å². The lowest BCUT2D eigenvalue weighted by Crippen LogP contribution is -2.21. The molecule has 2 heteroatoms. The van der Waals surface area contributed by atoms with E-state index in [2.05, 4.69) is 55.4 Å². The number of nitrogens with two attached hydrogens (primary N) is 1. The molecular formula is C15H23NSi. The summed E-state index contributed by atoms with van der Waals surface area (Å²) in [6.07, 6.45) is 2.90. The molecule has 0 unspecified atom stereocenters. The zero-order chi connectivity index (χ0) is 12.7. The van der Waals surface area contributed by atoms with Crippen LogP contribution in [0.5, 0.6) is 0 Å². The average molecular weight is 245 g/mol. The minimum absolute atomic E-state index is 0.207. The van der Waals surface area contributed by atoms with Crippen LogP contribution in [-0.4, -0.2) is 14.1 Å². The largest absolute Gasteiger partial charge is 0.327 e. The van der Waals surface area contributed by atoms with Crippen LogP contribution >= 0.6 is 0 Å². The molecule has 1 aromatic carbocycles. The van der Waals surface area contributed by atoms with Gasteiger partial charge in [-0.15, -0.1) is 11.5 Å². The van der Waals surface area contributed by atoms with Crippen LogP contribution in [-0.2, 0) is 6.42 Å². The van der Waals surface area contributed by atoms with E-state index in [1.165, 1.54) is 5.56 Å². The standard InChI is InChI=1S/C15H23NSi/c1-17(2,3)13-7-10-15(16)12-11-14-8-5-4-6-9-14/h4-6,8-9,15H,10-12,16H2,1-3H3/t15-/m0/s1. The maximum atomic E-state index is 6.06. The molecule has 0 aromatic heterocycles. The zero-order valence-corrected chi connectivity index (χ0v) is 12.2. The van der Waals surface area contributed by atoms with Gasteiger partial charge in [-0.05, 0) is 18.4 Å². The Bertz CT molecular complexity index is 381. The van der Waals surface area contributed by atoms with Crippen LogP contribution in [0.25, 0.3) is 0 Å². The summed E-state index contributed by atoms with van der Waals surface area (Å²) in [7, 11) is -1.23. The second kappa shape index (κ2) is 6.63. The summed E-state index contributed by atoms with van der Waals surface area (Å²) >= 11 is 0. The summed E-state index contributed by atoms with van der Waals surface area (Å²) < 4.78 is 0. The molecule has 0 radical (unpaired) electrons. The molecule has 0 saturated heterocycles. The van der Waals surface area contributed by atoms with E-state index in [0.29, 0.717) is 0 Å². The van der Waals surface area contributed by atoms with Crippen molar-refractivity contribution in [1.29, 1.82) is 0 Å². The third-order valence-corrected chi connectivity index (χ3v) is 3.40. The van der Waals surface area contributed by atoms with Crippen LogP contribution in [0.15, 0.2) is 30.3 Å². The first-order chi connectivity index (χ1) is 7.97. The molecule has 0 amide bonds. The number of hydrogen-bond acceptors (Lipinski definition) is 1. The Morgan fingerprint density at radius 3 is 2.41 bits per heavy atom. The van der Waals surface area contributed by atoms with Gasteiger partial charge in [-0.1, -0.05) is 50.0 Å². The van der Waals surface area contributed by atoms with Crippen molar-refractivity contribution in [3.8, 4) is 11.5 Å². The summed E-state index contributed by atoms with van der Waals surface area (Å²) in [6, 6.07) is 10.7. The Morgan fingerprint density at radius 1 is 1.18 bits per heavy atom. The Kier molecular flexibility index (Phi) is 5.47. The summed E-state index contributed by atoms with van der Waals surface area (Å²) in [5.74, 6) is 3.25. The van der Waals surface area contributed by atoms with E-state index in [4.69, 9.17) is 5.73 Å². The second-order valence-corrected chi connectivity index (χ2v) is 10.3. The maximum Gasteiger partial charge on any atom is 0.129 e. The first-order valence-electron chi connectivity index (χ1n) is 6.27. The van der Waals surface area contributed by atoms with Crippen molar-refractivity contribution in [3.05, 3.63) is 35.9 Å². The van der Waals surface area contributed by atoms with Crippen molar-refractivity contribution in [2.75, 3.05) is 0 Å². The Morgan fingerprint density at radius 2 is 1.82 bits per heavy atom. The van der Waals surface area contributed by atoms with Gasteiger partial charge in [0.15, 0.2) is 0 Å². The average Bonchev–Trinajstić information content (AvgIpc) is 2.26. The zero-order valence-electron chi connectivity index (χ0n) is 11.2. The summed E-state index contributed by atoms with van der Waals surface area (Å²) in [5.41, 5.74) is 10.8. The van der Waals surface area contributed by atoms with Gasteiger partial charge in [0, 0.05) is 12.5 Å². The van der Waals surface area contributed by atoms with Crippen molar-refractivity contribution in [2.24, 2.45) is 5.73 Å². The third kappa shape index (κ3) is 6.99. The van der Waals surface area contributed by atoms with Crippen LogP contribution in [0.1, 0.15) is 18.4 Å². The molecule has 92 valence electrons. The van der Waals surface area contributed by atoms with E-state index < -0.39 is 8.07 Å². The third-order valence-electron chi connectivity index (χ3n) is 2.47. The van der Waals surface area contributed by atoms with Gasteiger partial charge < -0.3 is 5.73 Å². The lowest BCUT2D eigenvalue weighted by atomic mass is 10.0. The number of rotatable bonds is 4. The second-order valence-electron chi connectivity index (χ2n) is 5.54. The van der Waals surface area contributed by atoms with Crippen molar-refractivity contribution >= 4 is 8.07 Å².